The molecule has 0 aromatic carbocycles. The van der Waals surface area contributed by atoms with Gasteiger partial charge in [-0.25, -0.2) is 8.42 Å². The van der Waals surface area contributed by atoms with Crippen LogP contribution in [-0.2, 0) is 10.0 Å². The summed E-state index contributed by atoms with van der Waals surface area (Å²) in [6.07, 6.45) is 2.78. The van der Waals surface area contributed by atoms with E-state index < -0.39 is 10.0 Å². The number of rotatable bonds is 4. The standard InChI is InChI=1S/C13H23N3O3S/c1-4-11-5-6-16(12(7-11)8-14)20(17,18)13-9(2)15-19-10(13)3/h11-12H,4-8,14H2,1-3H3. The molecule has 114 valence electrons. The van der Waals surface area contributed by atoms with Crippen molar-refractivity contribution in [3.8, 4) is 0 Å². The molecule has 1 aromatic heterocycles. The smallest absolute Gasteiger partial charge is 0.248 e. The molecule has 2 unspecified atom stereocenters. The first kappa shape index (κ1) is 15.5. The third kappa shape index (κ3) is 2.62. The topological polar surface area (TPSA) is 89.4 Å². The molecule has 2 rings (SSSR count). The third-order valence-electron chi connectivity index (χ3n) is 4.15. The van der Waals surface area contributed by atoms with Gasteiger partial charge in [0.15, 0.2) is 5.76 Å². The van der Waals surface area contributed by atoms with Gasteiger partial charge in [-0.15, -0.1) is 0 Å². The molecule has 2 atom stereocenters. The predicted octanol–water partition coefficient (Wildman–Crippen LogP) is 1.43. The van der Waals surface area contributed by atoms with Gasteiger partial charge in [-0.05, 0) is 32.6 Å². The molecule has 2 heterocycles. The Morgan fingerprint density at radius 2 is 2.15 bits per heavy atom. The van der Waals surface area contributed by atoms with Crippen molar-refractivity contribution < 1.29 is 12.9 Å². The van der Waals surface area contributed by atoms with Gasteiger partial charge in [0, 0.05) is 19.1 Å². The average Bonchev–Trinajstić information content (AvgIpc) is 2.77. The molecule has 1 aliphatic heterocycles. The molecule has 20 heavy (non-hydrogen) atoms. The van der Waals surface area contributed by atoms with E-state index in [-0.39, 0.29) is 10.9 Å². The van der Waals surface area contributed by atoms with E-state index in [1.54, 1.807) is 13.8 Å². The molecule has 0 amide bonds. The average molecular weight is 301 g/mol. The largest absolute Gasteiger partial charge is 0.360 e. The van der Waals surface area contributed by atoms with Crippen LogP contribution in [0.15, 0.2) is 9.42 Å². The minimum Gasteiger partial charge on any atom is -0.360 e. The van der Waals surface area contributed by atoms with Crippen molar-refractivity contribution in [2.45, 2.75) is 51.0 Å². The number of piperidine rings is 1. The lowest BCUT2D eigenvalue weighted by atomic mass is 9.90. The van der Waals surface area contributed by atoms with E-state index in [2.05, 4.69) is 12.1 Å². The van der Waals surface area contributed by atoms with Crippen molar-refractivity contribution in [3.63, 3.8) is 0 Å². The number of hydrogen-bond donors (Lipinski definition) is 1. The fraction of sp³-hybridized carbons (Fsp3) is 0.769. The quantitative estimate of drug-likeness (QED) is 0.908. The SMILES string of the molecule is CCC1CCN(S(=O)(=O)c2c(C)noc2C)C(CN)C1. The van der Waals surface area contributed by atoms with Gasteiger partial charge < -0.3 is 10.3 Å². The Labute approximate surface area is 120 Å². The van der Waals surface area contributed by atoms with E-state index in [1.807, 2.05) is 0 Å². The summed E-state index contributed by atoms with van der Waals surface area (Å²) in [5.74, 6) is 0.899. The minimum absolute atomic E-state index is 0.132. The van der Waals surface area contributed by atoms with E-state index in [0.29, 0.717) is 30.5 Å². The van der Waals surface area contributed by atoms with Gasteiger partial charge in [0.1, 0.15) is 10.6 Å². The highest BCUT2D eigenvalue weighted by molar-refractivity contribution is 7.89. The first-order chi connectivity index (χ1) is 9.41. The number of hydrogen-bond acceptors (Lipinski definition) is 5. The van der Waals surface area contributed by atoms with Gasteiger partial charge in [0.2, 0.25) is 10.0 Å². The molecule has 1 saturated heterocycles. The summed E-state index contributed by atoms with van der Waals surface area (Å²) < 4.78 is 32.2. The molecule has 0 aliphatic carbocycles. The molecule has 0 bridgehead atoms. The molecule has 1 aliphatic rings. The van der Waals surface area contributed by atoms with Crippen molar-refractivity contribution in [2.75, 3.05) is 13.1 Å². The molecule has 0 saturated carbocycles. The Balaban J connectivity index is 2.34. The third-order valence-corrected chi connectivity index (χ3v) is 6.35. The lowest BCUT2D eigenvalue weighted by Gasteiger charge is -2.37. The van der Waals surface area contributed by atoms with E-state index in [4.69, 9.17) is 10.3 Å². The highest BCUT2D eigenvalue weighted by Crippen LogP contribution is 2.31. The normalized spacial score (nSPS) is 25.0. The second kappa shape index (κ2) is 5.83. The zero-order valence-corrected chi connectivity index (χ0v) is 13.1. The van der Waals surface area contributed by atoms with Gasteiger partial charge in [-0.2, -0.15) is 4.31 Å². The number of aromatic nitrogens is 1. The van der Waals surface area contributed by atoms with Crippen LogP contribution in [0, 0.1) is 19.8 Å². The van der Waals surface area contributed by atoms with Crippen LogP contribution in [0.25, 0.3) is 0 Å². The van der Waals surface area contributed by atoms with Crippen molar-refractivity contribution >= 4 is 10.0 Å². The van der Waals surface area contributed by atoms with Crippen molar-refractivity contribution in [3.05, 3.63) is 11.5 Å². The maximum atomic E-state index is 12.8. The molecule has 0 spiro atoms. The van der Waals surface area contributed by atoms with E-state index in [0.717, 1.165) is 19.3 Å². The lowest BCUT2D eigenvalue weighted by molar-refractivity contribution is 0.197. The molecule has 0 radical (unpaired) electrons. The molecule has 7 heteroatoms. The first-order valence-corrected chi connectivity index (χ1v) is 8.50. The van der Waals surface area contributed by atoms with E-state index in [1.165, 1.54) is 4.31 Å². The molecule has 6 nitrogen and oxygen atoms in total. The fourth-order valence-electron chi connectivity index (χ4n) is 2.97. The molecule has 1 aromatic rings. The van der Waals surface area contributed by atoms with Crippen LogP contribution in [0.4, 0.5) is 0 Å². The van der Waals surface area contributed by atoms with Gasteiger partial charge in [0.25, 0.3) is 0 Å². The van der Waals surface area contributed by atoms with E-state index in [9.17, 15) is 8.42 Å². The Morgan fingerprint density at radius 1 is 1.45 bits per heavy atom. The number of aryl methyl sites for hydroxylation is 2. The summed E-state index contributed by atoms with van der Waals surface area (Å²) in [5, 5.41) is 3.75. The molecular formula is C13H23N3O3S. The van der Waals surface area contributed by atoms with Gasteiger partial charge in [-0.3, -0.25) is 0 Å². The minimum atomic E-state index is -3.58. The number of nitrogens with zero attached hydrogens (tertiary/aromatic N) is 2. The maximum Gasteiger partial charge on any atom is 0.248 e. The highest BCUT2D eigenvalue weighted by Gasteiger charge is 2.38. The predicted molar refractivity (Wildman–Crippen MR) is 75.7 cm³/mol. The first-order valence-electron chi connectivity index (χ1n) is 7.06. The highest BCUT2D eigenvalue weighted by atomic mass is 32.2. The van der Waals surface area contributed by atoms with Crippen molar-refractivity contribution in [1.29, 1.82) is 0 Å². The van der Waals surface area contributed by atoms with Crippen LogP contribution in [0.2, 0.25) is 0 Å². The second-order valence-corrected chi connectivity index (χ2v) is 7.28. The van der Waals surface area contributed by atoms with Gasteiger partial charge >= 0.3 is 0 Å². The summed E-state index contributed by atoms with van der Waals surface area (Å²) in [5.41, 5.74) is 6.20. The van der Waals surface area contributed by atoms with Crippen LogP contribution in [0.5, 0.6) is 0 Å². The fourth-order valence-corrected chi connectivity index (χ4v) is 4.93. The summed E-state index contributed by atoms with van der Waals surface area (Å²) in [6, 6.07) is -0.132. The Bertz CT molecular complexity index is 548. The molecule has 2 N–H and O–H groups in total. The zero-order chi connectivity index (χ0) is 14.9. The van der Waals surface area contributed by atoms with Crippen molar-refractivity contribution in [1.82, 2.24) is 9.46 Å². The second-order valence-electron chi connectivity index (χ2n) is 5.46. The summed E-state index contributed by atoms with van der Waals surface area (Å²) in [6.45, 7) is 6.28. The number of sulfonamides is 1. The van der Waals surface area contributed by atoms with Crippen molar-refractivity contribution in [2.24, 2.45) is 11.7 Å². The van der Waals surface area contributed by atoms with Crippen LogP contribution in [0.3, 0.4) is 0 Å². The summed E-state index contributed by atoms with van der Waals surface area (Å²) in [7, 11) is -3.58. The van der Waals surface area contributed by atoms with E-state index >= 15 is 0 Å². The molecule has 1 fully saturated rings. The van der Waals surface area contributed by atoms with Crippen LogP contribution >= 0.6 is 0 Å². The molecular weight excluding hydrogens is 278 g/mol. The Morgan fingerprint density at radius 3 is 2.65 bits per heavy atom. The zero-order valence-electron chi connectivity index (χ0n) is 12.3. The maximum absolute atomic E-state index is 12.8. The van der Waals surface area contributed by atoms with Crippen LogP contribution < -0.4 is 5.73 Å². The monoisotopic (exact) mass is 301 g/mol. The Hall–Kier alpha value is -0.920. The van der Waals surface area contributed by atoms with Crippen LogP contribution in [-0.4, -0.2) is 37.0 Å². The summed E-state index contributed by atoms with van der Waals surface area (Å²) in [4.78, 5) is 0.200. The number of nitrogens with two attached hydrogens (primary N) is 1. The Kier molecular flexibility index (Phi) is 4.51. The summed E-state index contributed by atoms with van der Waals surface area (Å²) >= 11 is 0. The van der Waals surface area contributed by atoms with Gasteiger partial charge in [-0.1, -0.05) is 18.5 Å². The van der Waals surface area contributed by atoms with Crippen LogP contribution in [0.1, 0.15) is 37.6 Å². The lowest BCUT2D eigenvalue weighted by Crippen LogP contribution is -2.49. The van der Waals surface area contributed by atoms with Gasteiger partial charge in [0.05, 0.1) is 0 Å².